The maximum atomic E-state index is 12.5. The minimum absolute atomic E-state index is 0.0594. The van der Waals surface area contributed by atoms with Crippen molar-refractivity contribution in [1.29, 1.82) is 0 Å². The van der Waals surface area contributed by atoms with E-state index < -0.39 is 26.0 Å². The lowest BCUT2D eigenvalue weighted by atomic mass is 10.3. The van der Waals surface area contributed by atoms with Gasteiger partial charge in [0.1, 0.15) is 0 Å². The van der Waals surface area contributed by atoms with Gasteiger partial charge in [0.05, 0.1) is 29.5 Å². The average Bonchev–Trinajstić information content (AvgIpc) is 2.81. The smallest absolute Gasteiger partial charge is 0.243 e. The van der Waals surface area contributed by atoms with Crippen molar-refractivity contribution in [3.05, 3.63) is 24.3 Å². The third-order valence-corrected chi connectivity index (χ3v) is 7.36. The highest BCUT2D eigenvalue weighted by molar-refractivity contribution is 7.94. The monoisotopic (exact) mass is 360 g/mol. The first kappa shape index (κ1) is 16.4. The Morgan fingerprint density at radius 2 is 1.65 bits per heavy atom. The zero-order chi connectivity index (χ0) is 16.7. The molecule has 2 fully saturated rings. The maximum absolute atomic E-state index is 12.5. The molecule has 2 saturated heterocycles. The quantitative estimate of drug-likeness (QED) is 0.738. The van der Waals surface area contributed by atoms with Crippen LogP contribution in [0.1, 0.15) is 6.42 Å². The molecule has 3 rings (SSSR count). The largest absolute Gasteiger partial charge is 0.379 e. The second-order valence-electron chi connectivity index (χ2n) is 5.23. The standard InChI is InChI=1S/C13H16N2O6S2/c16-13-5-10-22(17,18)15(13)11-1-3-12(4-2-11)23(19,20)14-6-8-21-9-7-14/h1-4H,5-10H2. The van der Waals surface area contributed by atoms with Crippen LogP contribution in [0.3, 0.4) is 0 Å². The molecule has 0 atom stereocenters. The van der Waals surface area contributed by atoms with Crippen molar-refractivity contribution in [2.75, 3.05) is 36.4 Å². The van der Waals surface area contributed by atoms with Crippen LogP contribution < -0.4 is 4.31 Å². The highest BCUT2D eigenvalue weighted by Crippen LogP contribution is 2.27. The fourth-order valence-electron chi connectivity index (χ4n) is 2.56. The lowest BCUT2D eigenvalue weighted by molar-refractivity contribution is -0.116. The molecule has 2 aliphatic heterocycles. The zero-order valence-corrected chi connectivity index (χ0v) is 13.8. The number of carbonyl (C=O) groups is 1. The summed E-state index contributed by atoms with van der Waals surface area (Å²) < 4.78 is 55.9. The Labute approximate surface area is 134 Å². The minimum Gasteiger partial charge on any atom is -0.379 e. The van der Waals surface area contributed by atoms with Gasteiger partial charge in [-0.15, -0.1) is 0 Å². The van der Waals surface area contributed by atoms with E-state index in [0.29, 0.717) is 13.2 Å². The number of morpholine rings is 1. The first-order chi connectivity index (χ1) is 10.8. The van der Waals surface area contributed by atoms with Crippen molar-refractivity contribution >= 4 is 31.6 Å². The molecular formula is C13H16N2O6S2. The molecule has 1 aromatic rings. The molecule has 0 bridgehead atoms. The van der Waals surface area contributed by atoms with Gasteiger partial charge in [0.15, 0.2) is 0 Å². The normalized spacial score (nSPS) is 22.4. The number of ether oxygens (including phenoxy) is 1. The number of sulfonamides is 2. The van der Waals surface area contributed by atoms with Crippen LogP contribution in [-0.4, -0.2) is 59.1 Å². The van der Waals surface area contributed by atoms with Crippen molar-refractivity contribution in [3.8, 4) is 0 Å². The highest BCUT2D eigenvalue weighted by Gasteiger charge is 2.36. The Hall–Kier alpha value is -1.49. The number of hydrogen-bond donors (Lipinski definition) is 0. The van der Waals surface area contributed by atoms with Gasteiger partial charge in [-0.3, -0.25) is 4.79 Å². The van der Waals surface area contributed by atoms with Crippen LogP contribution in [0.15, 0.2) is 29.2 Å². The summed E-state index contributed by atoms with van der Waals surface area (Å²) in [5.41, 5.74) is 0.161. The van der Waals surface area contributed by atoms with Gasteiger partial charge in [-0.05, 0) is 24.3 Å². The second kappa shape index (κ2) is 5.86. The highest BCUT2D eigenvalue weighted by atomic mass is 32.2. The van der Waals surface area contributed by atoms with Gasteiger partial charge in [0.2, 0.25) is 26.0 Å². The van der Waals surface area contributed by atoms with Gasteiger partial charge in [-0.1, -0.05) is 0 Å². The minimum atomic E-state index is -3.65. The SMILES string of the molecule is O=C1CCS(=O)(=O)N1c1ccc(S(=O)(=O)N2CCOCC2)cc1. The van der Waals surface area contributed by atoms with Gasteiger partial charge < -0.3 is 4.74 Å². The molecule has 0 saturated carbocycles. The topological polar surface area (TPSA) is 101 Å². The first-order valence-corrected chi connectivity index (χ1v) is 10.1. The van der Waals surface area contributed by atoms with Crippen LogP contribution in [0.2, 0.25) is 0 Å². The van der Waals surface area contributed by atoms with Crippen molar-refractivity contribution in [1.82, 2.24) is 4.31 Å². The van der Waals surface area contributed by atoms with Crippen molar-refractivity contribution < 1.29 is 26.4 Å². The van der Waals surface area contributed by atoms with Gasteiger partial charge >= 0.3 is 0 Å². The maximum Gasteiger partial charge on any atom is 0.243 e. The molecule has 0 spiro atoms. The van der Waals surface area contributed by atoms with Crippen LogP contribution in [0, 0.1) is 0 Å². The summed E-state index contributed by atoms with van der Waals surface area (Å²) in [5, 5.41) is 0. The third-order valence-electron chi connectivity index (χ3n) is 3.76. The Morgan fingerprint density at radius 1 is 1.04 bits per heavy atom. The van der Waals surface area contributed by atoms with Crippen molar-refractivity contribution in [2.45, 2.75) is 11.3 Å². The van der Waals surface area contributed by atoms with E-state index >= 15 is 0 Å². The fourth-order valence-corrected chi connectivity index (χ4v) is 5.43. The van der Waals surface area contributed by atoms with Crippen LogP contribution in [0.4, 0.5) is 5.69 Å². The van der Waals surface area contributed by atoms with E-state index in [9.17, 15) is 21.6 Å². The van der Waals surface area contributed by atoms with Crippen LogP contribution in [0.5, 0.6) is 0 Å². The first-order valence-electron chi connectivity index (χ1n) is 7.06. The van der Waals surface area contributed by atoms with E-state index in [-0.39, 0.29) is 35.8 Å². The number of nitrogens with zero attached hydrogens (tertiary/aromatic N) is 2. The van der Waals surface area contributed by atoms with Crippen LogP contribution >= 0.6 is 0 Å². The molecule has 0 unspecified atom stereocenters. The summed E-state index contributed by atoms with van der Waals surface area (Å²) in [6.07, 6.45) is -0.0594. The van der Waals surface area contributed by atoms with Crippen molar-refractivity contribution in [2.24, 2.45) is 0 Å². The Balaban J connectivity index is 1.89. The molecule has 0 radical (unpaired) electrons. The summed E-state index contributed by atoms with van der Waals surface area (Å²) in [6, 6.07) is 5.32. The number of carbonyl (C=O) groups excluding carboxylic acids is 1. The Kier molecular flexibility index (Phi) is 4.17. The number of hydrogen-bond acceptors (Lipinski definition) is 6. The molecule has 2 heterocycles. The number of benzene rings is 1. The van der Waals surface area contributed by atoms with Crippen LogP contribution in [0.25, 0.3) is 0 Å². The summed E-state index contributed by atoms with van der Waals surface area (Å²) in [6.45, 7) is 1.25. The summed E-state index contributed by atoms with van der Waals surface area (Å²) >= 11 is 0. The molecule has 0 aromatic heterocycles. The summed E-state index contributed by atoms with van der Waals surface area (Å²) in [4.78, 5) is 11.8. The lowest BCUT2D eigenvalue weighted by Gasteiger charge is -2.26. The molecule has 126 valence electrons. The second-order valence-corrected chi connectivity index (χ2v) is 9.11. The molecule has 1 aromatic carbocycles. The number of rotatable bonds is 3. The van der Waals surface area contributed by atoms with Crippen LogP contribution in [-0.2, 0) is 29.6 Å². The van der Waals surface area contributed by atoms with E-state index in [1.54, 1.807) is 0 Å². The predicted octanol–water partition coefficient (Wildman–Crippen LogP) is -0.226. The molecular weight excluding hydrogens is 344 g/mol. The average molecular weight is 360 g/mol. The lowest BCUT2D eigenvalue weighted by Crippen LogP contribution is -2.40. The molecule has 0 aliphatic carbocycles. The summed E-state index contributed by atoms with van der Waals surface area (Å²) in [5.74, 6) is -0.728. The molecule has 23 heavy (non-hydrogen) atoms. The zero-order valence-electron chi connectivity index (χ0n) is 12.2. The van der Waals surface area contributed by atoms with E-state index in [1.165, 1.54) is 28.6 Å². The van der Waals surface area contributed by atoms with E-state index in [2.05, 4.69) is 0 Å². The predicted molar refractivity (Wildman–Crippen MR) is 81.9 cm³/mol. The molecule has 1 amide bonds. The fraction of sp³-hybridized carbons (Fsp3) is 0.462. The van der Waals surface area contributed by atoms with E-state index in [4.69, 9.17) is 4.74 Å². The van der Waals surface area contributed by atoms with E-state index in [0.717, 1.165) is 4.31 Å². The van der Waals surface area contributed by atoms with Gasteiger partial charge in [0.25, 0.3) is 0 Å². The van der Waals surface area contributed by atoms with Crippen molar-refractivity contribution in [3.63, 3.8) is 0 Å². The Morgan fingerprint density at radius 3 is 2.17 bits per heavy atom. The van der Waals surface area contributed by atoms with E-state index in [1.807, 2.05) is 0 Å². The summed E-state index contributed by atoms with van der Waals surface area (Å²) in [7, 11) is -7.29. The molecule has 8 nitrogen and oxygen atoms in total. The number of anilines is 1. The Bertz CT molecular complexity index is 811. The molecule has 2 aliphatic rings. The third kappa shape index (κ3) is 2.99. The van der Waals surface area contributed by atoms with Gasteiger partial charge in [-0.2, -0.15) is 4.31 Å². The molecule has 10 heteroatoms. The van der Waals surface area contributed by atoms with Gasteiger partial charge in [-0.25, -0.2) is 21.1 Å². The molecule has 0 N–H and O–H groups in total. The number of amides is 1. The van der Waals surface area contributed by atoms with Gasteiger partial charge in [0, 0.05) is 19.5 Å².